The second kappa shape index (κ2) is 8.14. The van der Waals surface area contributed by atoms with E-state index in [1.165, 1.54) is 11.1 Å². The van der Waals surface area contributed by atoms with Gasteiger partial charge in [0.05, 0.1) is 0 Å². The molecule has 3 aromatic rings. The van der Waals surface area contributed by atoms with Crippen LogP contribution in [0.15, 0.2) is 57.9 Å². The number of quaternary nitrogens is 1. The number of rotatable bonds is 6. The SMILES string of the molecule is CCc1ccc([C@H]([NH2+]Cc2cc(=O)n3cc(Br)ccc3n2)C(C)C)cc1. The number of aromatic nitrogens is 2. The van der Waals surface area contributed by atoms with E-state index in [1.54, 1.807) is 16.7 Å². The Hall–Kier alpha value is -1.98. The van der Waals surface area contributed by atoms with Crippen molar-refractivity contribution in [1.82, 2.24) is 9.38 Å². The van der Waals surface area contributed by atoms with Crippen LogP contribution in [0.1, 0.15) is 43.6 Å². The van der Waals surface area contributed by atoms with Gasteiger partial charge in [-0.1, -0.05) is 45.0 Å². The van der Waals surface area contributed by atoms with Gasteiger partial charge in [-0.05, 0) is 40.0 Å². The average Bonchev–Trinajstić information content (AvgIpc) is 2.63. The summed E-state index contributed by atoms with van der Waals surface area (Å²) < 4.78 is 2.43. The lowest BCUT2D eigenvalue weighted by molar-refractivity contribution is -0.717. The van der Waals surface area contributed by atoms with Gasteiger partial charge in [0.15, 0.2) is 0 Å². The highest BCUT2D eigenvalue weighted by atomic mass is 79.9. The van der Waals surface area contributed by atoms with Crippen LogP contribution in [-0.4, -0.2) is 9.38 Å². The molecule has 26 heavy (non-hydrogen) atoms. The summed E-state index contributed by atoms with van der Waals surface area (Å²) in [5.74, 6) is 0.486. The normalized spacial score (nSPS) is 12.7. The minimum absolute atomic E-state index is 0.0481. The molecule has 0 spiro atoms. The van der Waals surface area contributed by atoms with E-state index in [9.17, 15) is 4.79 Å². The molecule has 0 bridgehead atoms. The average molecular weight is 415 g/mol. The molecule has 0 aliphatic rings. The molecule has 1 aromatic carbocycles. The molecule has 4 nitrogen and oxygen atoms in total. The predicted octanol–water partition coefficient (Wildman–Crippen LogP) is 3.48. The summed E-state index contributed by atoms with van der Waals surface area (Å²) in [5, 5.41) is 2.28. The van der Waals surface area contributed by atoms with Crippen LogP contribution in [-0.2, 0) is 13.0 Å². The molecule has 136 valence electrons. The third kappa shape index (κ3) is 4.22. The Morgan fingerprint density at radius 1 is 1.15 bits per heavy atom. The Morgan fingerprint density at radius 2 is 1.88 bits per heavy atom. The first kappa shape index (κ1) is 18.8. The van der Waals surface area contributed by atoms with Crippen LogP contribution >= 0.6 is 15.9 Å². The first-order valence-electron chi connectivity index (χ1n) is 9.08. The van der Waals surface area contributed by atoms with E-state index in [4.69, 9.17) is 0 Å². The topological polar surface area (TPSA) is 51.0 Å². The summed E-state index contributed by atoms with van der Waals surface area (Å²) in [6.45, 7) is 7.31. The molecule has 0 unspecified atom stereocenters. The maximum absolute atomic E-state index is 12.4. The number of aryl methyl sites for hydroxylation is 1. The van der Waals surface area contributed by atoms with Gasteiger partial charge in [0, 0.05) is 28.2 Å². The molecule has 2 N–H and O–H groups in total. The van der Waals surface area contributed by atoms with Crippen molar-refractivity contribution in [1.29, 1.82) is 0 Å². The zero-order chi connectivity index (χ0) is 18.7. The highest BCUT2D eigenvalue weighted by Crippen LogP contribution is 2.18. The summed E-state index contributed by atoms with van der Waals surface area (Å²) in [5.41, 5.74) is 4.11. The van der Waals surface area contributed by atoms with Crippen LogP contribution in [0.25, 0.3) is 5.65 Å². The quantitative estimate of drug-likeness (QED) is 0.670. The van der Waals surface area contributed by atoms with Crippen molar-refractivity contribution in [2.75, 3.05) is 0 Å². The summed E-state index contributed by atoms with van der Waals surface area (Å²) in [6, 6.07) is 14.6. The minimum atomic E-state index is -0.0481. The zero-order valence-electron chi connectivity index (χ0n) is 15.4. The minimum Gasteiger partial charge on any atom is -0.335 e. The van der Waals surface area contributed by atoms with Gasteiger partial charge in [-0.3, -0.25) is 9.20 Å². The van der Waals surface area contributed by atoms with Gasteiger partial charge in [-0.15, -0.1) is 0 Å². The predicted molar refractivity (Wildman–Crippen MR) is 108 cm³/mol. The number of fused-ring (bicyclic) bond motifs is 1. The molecule has 0 saturated heterocycles. The summed E-state index contributed by atoms with van der Waals surface area (Å²) in [7, 11) is 0. The maximum Gasteiger partial charge on any atom is 0.258 e. The fourth-order valence-corrected chi connectivity index (χ4v) is 3.58. The van der Waals surface area contributed by atoms with Gasteiger partial charge in [0.1, 0.15) is 23.9 Å². The number of benzene rings is 1. The smallest absolute Gasteiger partial charge is 0.258 e. The second-order valence-corrected chi connectivity index (χ2v) is 7.88. The lowest BCUT2D eigenvalue weighted by atomic mass is 9.95. The highest BCUT2D eigenvalue weighted by Gasteiger charge is 2.19. The molecule has 0 radical (unpaired) electrons. The molecular weight excluding hydrogens is 390 g/mol. The second-order valence-electron chi connectivity index (χ2n) is 6.97. The molecule has 1 atom stereocenters. The first-order chi connectivity index (χ1) is 12.5. The standard InChI is InChI=1S/C21H24BrN3O/c1-4-15-5-7-16(8-6-15)21(14(2)3)23-12-18-11-20(26)25-13-17(22)9-10-19(25)24-18/h5-11,13-14,21,23H,4,12H2,1-3H3/p+1/t21-/m1/s1. The molecule has 2 heterocycles. The molecule has 0 aliphatic heterocycles. The van der Waals surface area contributed by atoms with Crippen molar-refractivity contribution in [3.63, 3.8) is 0 Å². The Bertz CT molecular complexity index is 948. The highest BCUT2D eigenvalue weighted by molar-refractivity contribution is 9.10. The van der Waals surface area contributed by atoms with Crippen LogP contribution in [0.3, 0.4) is 0 Å². The molecule has 0 fully saturated rings. The third-order valence-electron chi connectivity index (χ3n) is 4.75. The van der Waals surface area contributed by atoms with Gasteiger partial charge in [-0.2, -0.15) is 0 Å². The molecule has 5 heteroatoms. The van der Waals surface area contributed by atoms with Crippen molar-refractivity contribution < 1.29 is 5.32 Å². The Labute approximate surface area is 162 Å². The monoisotopic (exact) mass is 414 g/mol. The summed E-state index contributed by atoms with van der Waals surface area (Å²) in [4.78, 5) is 17.0. The van der Waals surface area contributed by atoms with Crippen molar-refractivity contribution in [2.24, 2.45) is 5.92 Å². The fraction of sp³-hybridized carbons (Fsp3) is 0.333. The third-order valence-corrected chi connectivity index (χ3v) is 5.22. The molecule has 0 amide bonds. The van der Waals surface area contributed by atoms with E-state index >= 15 is 0 Å². The molecule has 0 aliphatic carbocycles. The number of pyridine rings is 1. The van der Waals surface area contributed by atoms with E-state index in [0.717, 1.165) is 16.6 Å². The summed E-state index contributed by atoms with van der Waals surface area (Å²) in [6.07, 6.45) is 2.81. The van der Waals surface area contributed by atoms with Crippen LogP contribution in [0.2, 0.25) is 0 Å². The number of halogens is 1. The van der Waals surface area contributed by atoms with Gasteiger partial charge in [0.2, 0.25) is 0 Å². The van der Waals surface area contributed by atoms with Crippen LogP contribution < -0.4 is 10.9 Å². The van der Waals surface area contributed by atoms with Crippen molar-refractivity contribution >= 4 is 21.6 Å². The van der Waals surface area contributed by atoms with Gasteiger partial charge in [0.25, 0.3) is 5.56 Å². The van der Waals surface area contributed by atoms with E-state index in [2.05, 4.69) is 71.3 Å². The largest absolute Gasteiger partial charge is 0.335 e. The number of nitrogens with two attached hydrogens (primary N) is 1. The first-order valence-corrected chi connectivity index (χ1v) is 9.87. The molecular formula is C21H25BrN3O+. The Morgan fingerprint density at radius 3 is 2.54 bits per heavy atom. The van der Waals surface area contributed by atoms with Crippen LogP contribution in [0, 0.1) is 5.92 Å². The fourth-order valence-electron chi connectivity index (χ4n) is 3.25. The maximum atomic E-state index is 12.4. The number of hydrogen-bond acceptors (Lipinski definition) is 2. The molecule has 2 aromatic heterocycles. The van der Waals surface area contributed by atoms with E-state index in [0.29, 0.717) is 24.2 Å². The number of hydrogen-bond donors (Lipinski definition) is 1. The Balaban J connectivity index is 1.81. The van der Waals surface area contributed by atoms with E-state index in [1.807, 2.05) is 12.1 Å². The molecule has 3 rings (SSSR count). The molecule has 0 saturated carbocycles. The van der Waals surface area contributed by atoms with E-state index in [-0.39, 0.29) is 5.56 Å². The van der Waals surface area contributed by atoms with Crippen LogP contribution in [0.5, 0.6) is 0 Å². The summed E-state index contributed by atoms with van der Waals surface area (Å²) >= 11 is 3.39. The van der Waals surface area contributed by atoms with Crippen molar-refractivity contribution in [2.45, 2.75) is 39.8 Å². The zero-order valence-corrected chi connectivity index (χ0v) is 17.0. The van der Waals surface area contributed by atoms with Crippen molar-refractivity contribution in [3.8, 4) is 0 Å². The Kier molecular flexibility index (Phi) is 5.89. The van der Waals surface area contributed by atoms with Gasteiger partial charge < -0.3 is 5.32 Å². The van der Waals surface area contributed by atoms with E-state index < -0.39 is 0 Å². The lowest BCUT2D eigenvalue weighted by Gasteiger charge is -2.20. The van der Waals surface area contributed by atoms with Gasteiger partial charge >= 0.3 is 0 Å². The number of nitrogens with zero attached hydrogens (tertiary/aromatic N) is 2. The van der Waals surface area contributed by atoms with Gasteiger partial charge in [-0.25, -0.2) is 4.98 Å². The van der Waals surface area contributed by atoms with Crippen molar-refractivity contribution in [3.05, 3.63) is 80.3 Å². The van der Waals surface area contributed by atoms with Crippen LogP contribution in [0.4, 0.5) is 0 Å². The lowest BCUT2D eigenvalue weighted by Crippen LogP contribution is -2.84.